The van der Waals surface area contributed by atoms with Crippen molar-refractivity contribution in [1.29, 1.82) is 0 Å². The molecule has 40 heavy (non-hydrogen) atoms. The van der Waals surface area contributed by atoms with E-state index < -0.39 is 17.7 Å². The quantitative estimate of drug-likeness (QED) is 0.299. The summed E-state index contributed by atoms with van der Waals surface area (Å²) in [6.45, 7) is 10.2. The highest BCUT2D eigenvalue weighted by Gasteiger charge is 2.28. The average molecular weight is 551 g/mol. The van der Waals surface area contributed by atoms with Crippen molar-refractivity contribution < 1.29 is 19.4 Å². The maximum Gasteiger partial charge on any atom is 0.417 e. The van der Waals surface area contributed by atoms with Crippen LogP contribution in [-0.4, -0.2) is 48.8 Å². The summed E-state index contributed by atoms with van der Waals surface area (Å²) < 4.78 is 7.20. The van der Waals surface area contributed by atoms with Gasteiger partial charge in [0.05, 0.1) is 12.9 Å². The molecular formula is C30H42N6O4. The van der Waals surface area contributed by atoms with Crippen molar-refractivity contribution in [3.63, 3.8) is 0 Å². The molecule has 2 heterocycles. The van der Waals surface area contributed by atoms with Crippen LogP contribution >= 0.6 is 0 Å². The van der Waals surface area contributed by atoms with E-state index >= 15 is 0 Å². The first-order valence-electron chi connectivity index (χ1n) is 14.3. The Bertz CT molecular complexity index is 1310. The van der Waals surface area contributed by atoms with Crippen molar-refractivity contribution in [2.75, 3.05) is 16.8 Å². The molecule has 0 unspecified atom stereocenters. The maximum atomic E-state index is 13.5. The molecule has 4 rings (SSSR count). The van der Waals surface area contributed by atoms with E-state index in [2.05, 4.69) is 53.4 Å². The number of amides is 1. The molecule has 1 aromatic carbocycles. The molecule has 216 valence electrons. The van der Waals surface area contributed by atoms with Crippen LogP contribution in [0.4, 0.5) is 16.6 Å². The maximum absolute atomic E-state index is 13.5. The number of nitrogens with zero attached hydrogens (tertiary/aromatic N) is 5. The minimum atomic E-state index is -1.02. The fourth-order valence-corrected chi connectivity index (χ4v) is 4.97. The highest BCUT2D eigenvalue weighted by Crippen LogP contribution is 2.33. The molecule has 2 aromatic heterocycles. The van der Waals surface area contributed by atoms with E-state index in [9.17, 15) is 14.7 Å². The number of imidazole rings is 1. The predicted octanol–water partition coefficient (Wildman–Crippen LogP) is 6.36. The van der Waals surface area contributed by atoms with Crippen molar-refractivity contribution in [1.82, 2.24) is 19.5 Å². The van der Waals surface area contributed by atoms with E-state index in [1.54, 1.807) is 0 Å². The van der Waals surface area contributed by atoms with Crippen LogP contribution in [0.25, 0.3) is 11.2 Å². The van der Waals surface area contributed by atoms with E-state index in [1.165, 1.54) is 53.5 Å². The third-order valence-electron chi connectivity index (χ3n) is 7.02. The van der Waals surface area contributed by atoms with Gasteiger partial charge in [0.25, 0.3) is 0 Å². The zero-order chi connectivity index (χ0) is 28.9. The lowest BCUT2D eigenvalue weighted by Crippen LogP contribution is -2.37. The van der Waals surface area contributed by atoms with Crippen LogP contribution in [0, 0.1) is 5.92 Å². The normalized spacial score (nSPS) is 14.4. The molecular weight excluding hydrogens is 508 g/mol. The average Bonchev–Trinajstić information content (AvgIpc) is 3.29. The second-order valence-electron chi connectivity index (χ2n) is 12.1. The lowest BCUT2D eigenvalue weighted by atomic mass is 9.84. The van der Waals surface area contributed by atoms with Crippen molar-refractivity contribution >= 4 is 35.0 Å². The molecule has 0 bridgehead atoms. The summed E-state index contributed by atoms with van der Waals surface area (Å²) in [5.74, 6) is 0.618. The molecule has 1 aliphatic carbocycles. The standard InChI is InChI=1S/C30H42N6O4/c1-20(2)15-16-31-26-25-27(35(19-32-25)18-24(37)38)34-28(33-26)36(29(39)40-30(3,4)5)17-21-11-13-23(14-12-21)22-9-7-6-8-10-22/h11-14,19-20,22H,6-10,15-18H2,1-5H3,(H,37,38)(H,31,33,34). The first kappa shape index (κ1) is 29.3. The molecule has 3 aromatic rings. The molecule has 2 N–H and O–H groups in total. The predicted molar refractivity (Wildman–Crippen MR) is 156 cm³/mol. The number of nitrogens with one attached hydrogen (secondary N) is 1. The van der Waals surface area contributed by atoms with Crippen LogP contribution in [0.2, 0.25) is 0 Å². The summed E-state index contributed by atoms with van der Waals surface area (Å²) >= 11 is 0. The molecule has 0 spiro atoms. The van der Waals surface area contributed by atoms with Crippen LogP contribution in [0.15, 0.2) is 30.6 Å². The number of hydrogen-bond donors (Lipinski definition) is 2. The van der Waals surface area contributed by atoms with Gasteiger partial charge in [-0.2, -0.15) is 9.97 Å². The molecule has 1 saturated carbocycles. The number of rotatable bonds is 10. The molecule has 0 aliphatic heterocycles. The highest BCUT2D eigenvalue weighted by molar-refractivity contribution is 5.90. The smallest absolute Gasteiger partial charge is 0.417 e. The van der Waals surface area contributed by atoms with Crippen LogP contribution in [0.1, 0.15) is 90.2 Å². The number of anilines is 2. The van der Waals surface area contributed by atoms with E-state index in [0.717, 1.165) is 12.0 Å². The number of carbonyl (C=O) groups excluding carboxylic acids is 1. The van der Waals surface area contributed by atoms with E-state index in [4.69, 9.17) is 9.72 Å². The van der Waals surface area contributed by atoms with Gasteiger partial charge < -0.3 is 19.7 Å². The number of aromatic nitrogens is 4. The summed E-state index contributed by atoms with van der Waals surface area (Å²) in [4.78, 5) is 40.2. The minimum Gasteiger partial charge on any atom is -0.480 e. The second-order valence-corrected chi connectivity index (χ2v) is 12.1. The third kappa shape index (κ3) is 7.70. The molecule has 0 radical (unpaired) electrons. The van der Waals surface area contributed by atoms with Gasteiger partial charge >= 0.3 is 12.1 Å². The van der Waals surface area contributed by atoms with Gasteiger partial charge in [-0.1, -0.05) is 57.4 Å². The molecule has 1 aliphatic rings. The zero-order valence-corrected chi connectivity index (χ0v) is 24.3. The molecule has 1 fully saturated rings. The Balaban J connectivity index is 1.71. The summed E-state index contributed by atoms with van der Waals surface area (Å²) in [6, 6.07) is 8.42. The number of ether oxygens (including phenoxy) is 1. The van der Waals surface area contributed by atoms with E-state index in [-0.39, 0.29) is 19.0 Å². The zero-order valence-electron chi connectivity index (χ0n) is 24.3. The number of hydrogen-bond acceptors (Lipinski definition) is 7. The number of carboxylic acids is 1. The Labute approximate surface area is 236 Å². The van der Waals surface area contributed by atoms with Crippen LogP contribution < -0.4 is 10.2 Å². The fraction of sp³-hybridized carbons (Fsp3) is 0.567. The SMILES string of the molecule is CC(C)CCNc1nc(N(Cc2ccc(C3CCCCC3)cc2)C(=O)OC(C)(C)C)nc2c1ncn2CC(=O)O. The summed E-state index contributed by atoms with van der Waals surface area (Å²) in [5.41, 5.74) is 2.31. The molecule has 0 saturated heterocycles. The Hall–Kier alpha value is -3.69. The van der Waals surface area contributed by atoms with Crippen molar-refractivity contribution in [2.24, 2.45) is 5.92 Å². The van der Waals surface area contributed by atoms with E-state index in [0.29, 0.717) is 35.4 Å². The first-order valence-corrected chi connectivity index (χ1v) is 14.3. The Kier molecular flexibility index (Phi) is 9.27. The largest absolute Gasteiger partial charge is 0.480 e. The molecule has 0 atom stereocenters. The highest BCUT2D eigenvalue weighted by atomic mass is 16.6. The lowest BCUT2D eigenvalue weighted by Gasteiger charge is -2.27. The summed E-state index contributed by atoms with van der Waals surface area (Å²) in [5, 5.41) is 12.8. The molecule has 1 amide bonds. The van der Waals surface area contributed by atoms with Gasteiger partial charge in [-0.3, -0.25) is 4.79 Å². The van der Waals surface area contributed by atoms with Crippen LogP contribution in [0.5, 0.6) is 0 Å². The number of benzene rings is 1. The van der Waals surface area contributed by atoms with Gasteiger partial charge in [-0.05, 0) is 63.0 Å². The number of carbonyl (C=O) groups is 2. The monoisotopic (exact) mass is 550 g/mol. The fourth-order valence-electron chi connectivity index (χ4n) is 4.97. The Morgan fingerprint density at radius 1 is 1.12 bits per heavy atom. The van der Waals surface area contributed by atoms with Crippen molar-refractivity contribution in [3.8, 4) is 0 Å². The third-order valence-corrected chi connectivity index (χ3v) is 7.02. The topological polar surface area (TPSA) is 122 Å². The Morgan fingerprint density at radius 2 is 1.82 bits per heavy atom. The Morgan fingerprint density at radius 3 is 2.45 bits per heavy atom. The van der Waals surface area contributed by atoms with Gasteiger partial charge in [0.1, 0.15) is 12.1 Å². The van der Waals surface area contributed by atoms with Gasteiger partial charge in [-0.15, -0.1) is 0 Å². The second kappa shape index (κ2) is 12.7. The summed E-state index contributed by atoms with van der Waals surface area (Å²) in [7, 11) is 0. The van der Waals surface area contributed by atoms with Gasteiger partial charge in [0.2, 0.25) is 5.95 Å². The minimum absolute atomic E-state index is 0.122. The number of fused-ring (bicyclic) bond motifs is 1. The molecule has 10 heteroatoms. The van der Waals surface area contributed by atoms with Gasteiger partial charge in [-0.25, -0.2) is 14.7 Å². The molecule has 10 nitrogen and oxygen atoms in total. The van der Waals surface area contributed by atoms with Gasteiger partial charge in [0.15, 0.2) is 17.0 Å². The first-order chi connectivity index (χ1) is 19.0. The van der Waals surface area contributed by atoms with Crippen molar-refractivity contribution in [2.45, 2.75) is 97.8 Å². The van der Waals surface area contributed by atoms with Crippen molar-refractivity contribution in [3.05, 3.63) is 41.7 Å². The van der Waals surface area contributed by atoms with Gasteiger partial charge in [0, 0.05) is 6.54 Å². The summed E-state index contributed by atoms with van der Waals surface area (Å²) in [6.07, 6.45) is 8.04. The number of aliphatic carboxylic acids is 1. The van der Waals surface area contributed by atoms with Crippen LogP contribution in [-0.2, 0) is 22.6 Å². The lowest BCUT2D eigenvalue weighted by molar-refractivity contribution is -0.137. The number of carboxylic acid groups (broad SMARTS) is 1. The van der Waals surface area contributed by atoms with Crippen LogP contribution in [0.3, 0.4) is 0 Å². The van der Waals surface area contributed by atoms with E-state index in [1.807, 2.05) is 20.8 Å².